The summed E-state index contributed by atoms with van der Waals surface area (Å²) in [6, 6.07) is 0.330. The minimum Gasteiger partial charge on any atom is -0.339 e. The molecule has 0 aliphatic heterocycles. The largest absolute Gasteiger partial charge is 0.339 e. The van der Waals surface area contributed by atoms with E-state index in [0.717, 1.165) is 23.9 Å². The predicted molar refractivity (Wildman–Crippen MR) is 81.4 cm³/mol. The molecular formula is C14H27N3OS. The quantitative estimate of drug-likeness (QED) is 0.899. The first kappa shape index (κ1) is 16.5. The molecule has 1 atom stereocenters. The van der Waals surface area contributed by atoms with E-state index in [2.05, 4.69) is 57.0 Å². The number of thioether (sulfide) groups is 1. The van der Waals surface area contributed by atoms with Gasteiger partial charge in [-0.1, -0.05) is 46.7 Å². The Hall–Kier alpha value is -0.550. The molecule has 0 fully saturated rings. The molecule has 0 aliphatic rings. The van der Waals surface area contributed by atoms with Gasteiger partial charge in [0.25, 0.3) is 0 Å². The van der Waals surface area contributed by atoms with Crippen LogP contribution in [-0.4, -0.2) is 28.0 Å². The maximum Gasteiger partial charge on any atom is 0.228 e. The fraction of sp³-hybridized carbons (Fsp3) is 0.857. The zero-order chi connectivity index (χ0) is 14.7. The van der Waals surface area contributed by atoms with Crippen LogP contribution in [0.25, 0.3) is 0 Å². The molecule has 1 N–H and O–H groups in total. The summed E-state index contributed by atoms with van der Waals surface area (Å²) in [4.78, 5) is 4.48. The van der Waals surface area contributed by atoms with E-state index in [-0.39, 0.29) is 10.2 Å². The SMILES string of the molecule is CNC(Cc1nc(CSC(C)(C)C)no1)C(C)(C)C. The van der Waals surface area contributed by atoms with E-state index < -0.39 is 0 Å². The monoisotopic (exact) mass is 285 g/mol. The molecule has 0 radical (unpaired) electrons. The Morgan fingerprint density at radius 3 is 2.32 bits per heavy atom. The third-order valence-corrected chi connectivity index (χ3v) is 4.19. The van der Waals surface area contributed by atoms with Gasteiger partial charge < -0.3 is 9.84 Å². The van der Waals surface area contributed by atoms with Gasteiger partial charge in [-0.3, -0.25) is 0 Å². The number of rotatable bonds is 5. The average Bonchev–Trinajstić information content (AvgIpc) is 2.68. The lowest BCUT2D eigenvalue weighted by atomic mass is 9.85. The van der Waals surface area contributed by atoms with Crippen molar-refractivity contribution in [3.05, 3.63) is 11.7 Å². The lowest BCUT2D eigenvalue weighted by molar-refractivity contribution is 0.255. The number of aromatic nitrogens is 2. The van der Waals surface area contributed by atoms with Gasteiger partial charge in [0.2, 0.25) is 5.89 Å². The minimum absolute atomic E-state index is 0.170. The first-order valence-corrected chi connectivity index (χ1v) is 7.73. The second kappa shape index (κ2) is 6.27. The Labute approximate surface area is 121 Å². The van der Waals surface area contributed by atoms with Crippen LogP contribution >= 0.6 is 11.8 Å². The molecule has 0 amide bonds. The molecule has 1 rings (SSSR count). The van der Waals surface area contributed by atoms with E-state index in [1.807, 2.05) is 18.8 Å². The van der Waals surface area contributed by atoms with E-state index >= 15 is 0 Å². The molecule has 1 heterocycles. The van der Waals surface area contributed by atoms with Gasteiger partial charge in [-0.2, -0.15) is 4.98 Å². The number of hydrogen-bond acceptors (Lipinski definition) is 5. The number of likely N-dealkylation sites (N-methyl/N-ethyl adjacent to an activating group) is 1. The van der Waals surface area contributed by atoms with E-state index in [4.69, 9.17) is 4.52 Å². The van der Waals surface area contributed by atoms with Crippen molar-refractivity contribution in [2.75, 3.05) is 7.05 Å². The fourth-order valence-corrected chi connectivity index (χ4v) is 2.41. The summed E-state index contributed by atoms with van der Waals surface area (Å²) in [5.41, 5.74) is 0.170. The van der Waals surface area contributed by atoms with Gasteiger partial charge >= 0.3 is 0 Å². The van der Waals surface area contributed by atoms with Crippen molar-refractivity contribution in [1.29, 1.82) is 0 Å². The minimum atomic E-state index is 0.170. The fourth-order valence-electron chi connectivity index (χ4n) is 1.73. The molecule has 1 aromatic heterocycles. The molecule has 1 unspecified atom stereocenters. The molecule has 19 heavy (non-hydrogen) atoms. The van der Waals surface area contributed by atoms with Gasteiger partial charge in [0.05, 0.1) is 5.75 Å². The van der Waals surface area contributed by atoms with E-state index in [9.17, 15) is 0 Å². The van der Waals surface area contributed by atoms with Crippen molar-refractivity contribution in [3.63, 3.8) is 0 Å². The Morgan fingerprint density at radius 1 is 1.21 bits per heavy atom. The van der Waals surface area contributed by atoms with Crippen molar-refractivity contribution >= 4 is 11.8 Å². The predicted octanol–water partition coefficient (Wildman–Crippen LogP) is 3.28. The molecule has 5 heteroatoms. The van der Waals surface area contributed by atoms with Gasteiger partial charge in [0.1, 0.15) is 0 Å². The van der Waals surface area contributed by atoms with Crippen LogP contribution in [0.15, 0.2) is 4.52 Å². The number of hydrogen-bond donors (Lipinski definition) is 1. The molecule has 1 aromatic rings. The van der Waals surface area contributed by atoms with Crippen LogP contribution in [0, 0.1) is 5.41 Å². The molecular weight excluding hydrogens is 258 g/mol. The third kappa shape index (κ3) is 5.95. The van der Waals surface area contributed by atoms with Gasteiger partial charge in [0.15, 0.2) is 5.82 Å². The molecule has 0 saturated carbocycles. The molecule has 0 spiro atoms. The molecule has 0 saturated heterocycles. The normalized spacial score (nSPS) is 14.7. The van der Waals surface area contributed by atoms with Crippen molar-refractivity contribution < 1.29 is 4.52 Å². The highest BCUT2D eigenvalue weighted by atomic mass is 32.2. The van der Waals surface area contributed by atoms with Crippen molar-refractivity contribution in [3.8, 4) is 0 Å². The summed E-state index contributed by atoms with van der Waals surface area (Å²) in [6.45, 7) is 13.2. The Morgan fingerprint density at radius 2 is 1.84 bits per heavy atom. The highest BCUT2D eigenvalue weighted by Gasteiger charge is 2.25. The maximum absolute atomic E-state index is 5.34. The highest BCUT2D eigenvalue weighted by Crippen LogP contribution is 2.26. The molecule has 0 aliphatic carbocycles. The van der Waals surface area contributed by atoms with Crippen LogP contribution in [0.1, 0.15) is 53.3 Å². The lowest BCUT2D eigenvalue weighted by Gasteiger charge is -2.29. The molecule has 0 aromatic carbocycles. The van der Waals surface area contributed by atoms with Crippen LogP contribution in [-0.2, 0) is 12.2 Å². The summed E-state index contributed by atoms with van der Waals surface area (Å²) in [7, 11) is 1.97. The summed E-state index contributed by atoms with van der Waals surface area (Å²) in [6.07, 6.45) is 0.771. The third-order valence-electron chi connectivity index (χ3n) is 2.92. The summed E-state index contributed by atoms with van der Waals surface area (Å²) < 4.78 is 5.56. The van der Waals surface area contributed by atoms with Crippen LogP contribution in [0.4, 0.5) is 0 Å². The topological polar surface area (TPSA) is 51.0 Å². The number of nitrogens with one attached hydrogen (secondary N) is 1. The first-order chi connectivity index (χ1) is 8.62. The van der Waals surface area contributed by atoms with Crippen LogP contribution in [0.3, 0.4) is 0 Å². The van der Waals surface area contributed by atoms with Gasteiger partial charge in [-0.05, 0) is 12.5 Å². The number of nitrogens with zero attached hydrogens (tertiary/aromatic N) is 2. The standard InChI is InChI=1S/C14H27N3OS/c1-13(2,3)10(15-7)8-12-16-11(17-18-12)9-19-14(4,5)6/h10,15H,8-9H2,1-7H3. The Bertz CT molecular complexity index is 390. The second-order valence-corrected chi connectivity index (χ2v) is 8.72. The van der Waals surface area contributed by atoms with E-state index in [1.165, 1.54) is 0 Å². The molecule has 4 nitrogen and oxygen atoms in total. The zero-order valence-corrected chi connectivity index (χ0v) is 14.0. The van der Waals surface area contributed by atoms with E-state index in [1.54, 1.807) is 0 Å². The lowest BCUT2D eigenvalue weighted by Crippen LogP contribution is -2.39. The van der Waals surface area contributed by atoms with Crippen LogP contribution in [0.5, 0.6) is 0 Å². The Balaban J connectivity index is 2.60. The van der Waals surface area contributed by atoms with Gasteiger partial charge in [0, 0.05) is 17.2 Å². The molecule has 110 valence electrons. The zero-order valence-electron chi connectivity index (χ0n) is 13.2. The maximum atomic E-state index is 5.34. The Kier molecular flexibility index (Phi) is 5.44. The van der Waals surface area contributed by atoms with Crippen LogP contribution < -0.4 is 5.32 Å². The van der Waals surface area contributed by atoms with Crippen molar-refractivity contribution in [2.24, 2.45) is 5.41 Å². The summed E-state index contributed by atoms with van der Waals surface area (Å²) in [5, 5.41) is 7.38. The van der Waals surface area contributed by atoms with Crippen molar-refractivity contribution in [1.82, 2.24) is 15.5 Å². The highest BCUT2D eigenvalue weighted by molar-refractivity contribution is 7.99. The summed E-state index contributed by atoms with van der Waals surface area (Å²) in [5.74, 6) is 2.31. The average molecular weight is 285 g/mol. The van der Waals surface area contributed by atoms with E-state index in [0.29, 0.717) is 6.04 Å². The van der Waals surface area contributed by atoms with Gasteiger partial charge in [-0.25, -0.2) is 0 Å². The van der Waals surface area contributed by atoms with Crippen molar-refractivity contribution in [2.45, 2.75) is 64.5 Å². The first-order valence-electron chi connectivity index (χ1n) is 6.74. The van der Waals surface area contributed by atoms with Crippen LogP contribution in [0.2, 0.25) is 0 Å². The second-order valence-electron chi connectivity index (χ2n) is 6.92. The molecule has 0 bridgehead atoms. The van der Waals surface area contributed by atoms with Gasteiger partial charge in [-0.15, -0.1) is 11.8 Å². The summed E-state index contributed by atoms with van der Waals surface area (Å²) >= 11 is 1.83. The smallest absolute Gasteiger partial charge is 0.228 e.